The first-order chi connectivity index (χ1) is 10.2. The number of hydrogen-bond donors (Lipinski definition) is 1. The van der Waals surface area contributed by atoms with Gasteiger partial charge in [0.05, 0.1) is 5.69 Å². The molecule has 7 heteroatoms. The van der Waals surface area contributed by atoms with E-state index in [0.29, 0.717) is 17.1 Å². The summed E-state index contributed by atoms with van der Waals surface area (Å²) in [6, 6.07) is 5.18. The van der Waals surface area contributed by atoms with Crippen molar-refractivity contribution in [1.29, 1.82) is 0 Å². The number of thioether (sulfide) groups is 1. The molecule has 21 heavy (non-hydrogen) atoms. The van der Waals surface area contributed by atoms with Gasteiger partial charge in [0.1, 0.15) is 5.82 Å². The largest absolute Gasteiger partial charge is 0.454 e. The maximum atomic E-state index is 12.4. The van der Waals surface area contributed by atoms with E-state index in [0.717, 1.165) is 28.6 Å². The van der Waals surface area contributed by atoms with Crippen molar-refractivity contribution < 1.29 is 14.3 Å². The Bertz CT molecular complexity index is 741. The summed E-state index contributed by atoms with van der Waals surface area (Å²) in [6.45, 7) is 0.201. The van der Waals surface area contributed by atoms with E-state index in [2.05, 4.69) is 10.4 Å². The van der Waals surface area contributed by atoms with Crippen molar-refractivity contribution in [2.24, 2.45) is 7.05 Å². The number of anilines is 1. The number of carbonyl (C=O) groups excluding carboxylic acids is 1. The summed E-state index contributed by atoms with van der Waals surface area (Å²) < 4.78 is 12.3. The summed E-state index contributed by atoms with van der Waals surface area (Å²) in [5.41, 5.74) is 2.72. The molecule has 0 radical (unpaired) electrons. The molecule has 1 N–H and O–H groups in total. The Hall–Kier alpha value is -2.15. The third-order valence-electron chi connectivity index (χ3n) is 3.58. The van der Waals surface area contributed by atoms with Crippen LogP contribution < -0.4 is 14.8 Å². The highest BCUT2D eigenvalue weighted by Crippen LogP contribution is 2.35. The number of aryl methyl sites for hydroxylation is 1. The Labute approximate surface area is 125 Å². The third kappa shape index (κ3) is 2.04. The van der Waals surface area contributed by atoms with E-state index in [9.17, 15) is 4.79 Å². The molecule has 1 aromatic heterocycles. The van der Waals surface area contributed by atoms with Crippen LogP contribution >= 0.6 is 11.8 Å². The monoisotopic (exact) mass is 303 g/mol. The molecule has 1 amide bonds. The van der Waals surface area contributed by atoms with Crippen LogP contribution in [0.15, 0.2) is 18.2 Å². The summed E-state index contributed by atoms with van der Waals surface area (Å²) in [7, 11) is 1.85. The number of amides is 1. The molecule has 1 aromatic carbocycles. The topological polar surface area (TPSA) is 65.4 Å². The van der Waals surface area contributed by atoms with Crippen molar-refractivity contribution in [3.63, 3.8) is 0 Å². The molecule has 2 aliphatic heterocycles. The summed E-state index contributed by atoms with van der Waals surface area (Å²) in [4.78, 5) is 12.4. The average molecular weight is 303 g/mol. The standard InChI is InChI=1S/C14H13N3O3S/c1-17-13(9-5-21-6-10(9)16-17)15-14(18)8-2-3-11-12(4-8)20-7-19-11/h2-4H,5-7H2,1H3,(H,15,18). The number of hydrogen-bond acceptors (Lipinski definition) is 5. The van der Waals surface area contributed by atoms with Gasteiger partial charge in [0.15, 0.2) is 11.5 Å². The van der Waals surface area contributed by atoms with Crippen LogP contribution in [0.25, 0.3) is 0 Å². The van der Waals surface area contributed by atoms with E-state index >= 15 is 0 Å². The number of ether oxygens (including phenoxy) is 2. The number of benzene rings is 1. The van der Waals surface area contributed by atoms with Gasteiger partial charge in [-0.1, -0.05) is 0 Å². The van der Waals surface area contributed by atoms with Crippen molar-refractivity contribution in [2.75, 3.05) is 12.1 Å². The molecule has 0 fully saturated rings. The fourth-order valence-electron chi connectivity index (χ4n) is 2.51. The molecule has 0 aliphatic carbocycles. The van der Waals surface area contributed by atoms with E-state index in [4.69, 9.17) is 9.47 Å². The molecule has 0 saturated heterocycles. The van der Waals surface area contributed by atoms with Crippen LogP contribution in [-0.2, 0) is 18.6 Å². The molecule has 6 nitrogen and oxygen atoms in total. The number of fused-ring (bicyclic) bond motifs is 2. The van der Waals surface area contributed by atoms with Gasteiger partial charge in [-0.3, -0.25) is 9.48 Å². The highest BCUT2D eigenvalue weighted by atomic mass is 32.2. The number of carbonyl (C=O) groups is 1. The van der Waals surface area contributed by atoms with E-state index < -0.39 is 0 Å². The predicted octanol–water partition coefficient (Wildman–Crippen LogP) is 2.15. The maximum absolute atomic E-state index is 12.4. The second kappa shape index (κ2) is 4.70. The lowest BCUT2D eigenvalue weighted by atomic mass is 10.2. The highest BCUT2D eigenvalue weighted by molar-refractivity contribution is 7.98. The Morgan fingerprint density at radius 1 is 1.33 bits per heavy atom. The minimum Gasteiger partial charge on any atom is -0.454 e. The minimum atomic E-state index is -0.170. The molecule has 0 saturated carbocycles. The third-order valence-corrected chi connectivity index (χ3v) is 4.55. The van der Waals surface area contributed by atoms with Gasteiger partial charge < -0.3 is 14.8 Å². The lowest BCUT2D eigenvalue weighted by Crippen LogP contribution is -2.15. The fourth-order valence-corrected chi connectivity index (χ4v) is 3.55. The first-order valence-corrected chi connectivity index (χ1v) is 7.71. The lowest BCUT2D eigenvalue weighted by Gasteiger charge is -2.08. The number of rotatable bonds is 2. The van der Waals surface area contributed by atoms with Gasteiger partial charge in [-0.25, -0.2) is 0 Å². The Morgan fingerprint density at radius 3 is 3.10 bits per heavy atom. The Balaban J connectivity index is 1.61. The van der Waals surface area contributed by atoms with Crippen LogP contribution in [0.3, 0.4) is 0 Å². The van der Waals surface area contributed by atoms with Crippen molar-refractivity contribution in [2.45, 2.75) is 11.5 Å². The van der Waals surface area contributed by atoms with Crippen LogP contribution in [0.5, 0.6) is 11.5 Å². The molecule has 2 aliphatic rings. The van der Waals surface area contributed by atoms with Crippen LogP contribution in [0.2, 0.25) is 0 Å². The van der Waals surface area contributed by atoms with E-state index in [1.54, 1.807) is 22.9 Å². The molecule has 0 spiro atoms. The zero-order chi connectivity index (χ0) is 14.4. The predicted molar refractivity (Wildman–Crippen MR) is 78.7 cm³/mol. The van der Waals surface area contributed by atoms with Crippen LogP contribution in [0, 0.1) is 0 Å². The summed E-state index contributed by atoms with van der Waals surface area (Å²) >= 11 is 1.81. The second-order valence-electron chi connectivity index (χ2n) is 4.91. The minimum absolute atomic E-state index is 0.170. The molecule has 0 atom stereocenters. The Kier molecular flexibility index (Phi) is 2.81. The molecular weight excluding hydrogens is 290 g/mol. The molecule has 0 unspecified atom stereocenters. The Morgan fingerprint density at radius 2 is 2.19 bits per heavy atom. The summed E-state index contributed by atoms with van der Waals surface area (Å²) in [5.74, 6) is 3.68. The van der Waals surface area contributed by atoms with Gasteiger partial charge in [0.2, 0.25) is 6.79 Å². The summed E-state index contributed by atoms with van der Waals surface area (Å²) in [6.07, 6.45) is 0. The van der Waals surface area contributed by atoms with Gasteiger partial charge >= 0.3 is 0 Å². The normalized spacial score (nSPS) is 15.1. The maximum Gasteiger partial charge on any atom is 0.256 e. The van der Waals surface area contributed by atoms with Crippen molar-refractivity contribution >= 4 is 23.5 Å². The van der Waals surface area contributed by atoms with Crippen LogP contribution in [0.4, 0.5) is 5.82 Å². The number of nitrogens with one attached hydrogen (secondary N) is 1. The first kappa shape index (κ1) is 12.6. The smallest absolute Gasteiger partial charge is 0.256 e. The van der Waals surface area contributed by atoms with Gasteiger partial charge in [-0.15, -0.1) is 0 Å². The van der Waals surface area contributed by atoms with E-state index in [-0.39, 0.29) is 12.7 Å². The average Bonchev–Trinajstić information content (AvgIpc) is 3.16. The second-order valence-corrected chi connectivity index (χ2v) is 5.90. The lowest BCUT2D eigenvalue weighted by molar-refractivity contribution is 0.102. The van der Waals surface area contributed by atoms with Crippen molar-refractivity contribution in [3.05, 3.63) is 35.0 Å². The van der Waals surface area contributed by atoms with Crippen molar-refractivity contribution in [3.8, 4) is 11.5 Å². The van der Waals surface area contributed by atoms with Crippen LogP contribution in [0.1, 0.15) is 21.6 Å². The number of aromatic nitrogens is 2. The first-order valence-electron chi connectivity index (χ1n) is 6.56. The number of nitrogens with zero attached hydrogens (tertiary/aromatic N) is 2. The highest BCUT2D eigenvalue weighted by Gasteiger charge is 2.23. The fraction of sp³-hybridized carbons (Fsp3) is 0.286. The van der Waals surface area contributed by atoms with E-state index in [1.807, 2.05) is 18.8 Å². The van der Waals surface area contributed by atoms with E-state index in [1.165, 1.54) is 0 Å². The molecule has 0 bridgehead atoms. The van der Waals surface area contributed by atoms with Gasteiger partial charge in [0, 0.05) is 29.7 Å². The zero-order valence-electron chi connectivity index (χ0n) is 11.4. The zero-order valence-corrected chi connectivity index (χ0v) is 12.2. The van der Waals surface area contributed by atoms with Gasteiger partial charge in [0.25, 0.3) is 5.91 Å². The molecule has 108 valence electrons. The van der Waals surface area contributed by atoms with Gasteiger partial charge in [-0.05, 0) is 18.2 Å². The molecular formula is C14H13N3O3S. The molecule has 3 heterocycles. The van der Waals surface area contributed by atoms with Crippen LogP contribution in [-0.4, -0.2) is 22.5 Å². The molecule has 4 rings (SSSR count). The van der Waals surface area contributed by atoms with Crippen molar-refractivity contribution in [1.82, 2.24) is 9.78 Å². The molecule has 2 aromatic rings. The quantitative estimate of drug-likeness (QED) is 0.921. The SMILES string of the molecule is Cn1nc2c(c1NC(=O)c1ccc3c(c1)OCO3)CSC2. The summed E-state index contributed by atoms with van der Waals surface area (Å²) in [5, 5.41) is 7.38. The van der Waals surface area contributed by atoms with Gasteiger partial charge in [-0.2, -0.15) is 16.9 Å².